The lowest BCUT2D eigenvalue weighted by molar-refractivity contribution is -0.115. The van der Waals surface area contributed by atoms with E-state index in [9.17, 15) is 19.5 Å². The Balaban J connectivity index is 0.000000588. The Morgan fingerprint density at radius 1 is 1.06 bits per heavy atom. The van der Waals surface area contributed by atoms with Gasteiger partial charge in [0.2, 0.25) is 6.41 Å². The molecule has 3 aromatic carbocycles. The third-order valence-electron chi connectivity index (χ3n) is 5.14. The zero-order valence-corrected chi connectivity index (χ0v) is 20.5. The summed E-state index contributed by atoms with van der Waals surface area (Å²) in [6.45, 7) is 0.852. The number of aldehydes is 1. The molecule has 34 heavy (non-hydrogen) atoms. The first-order valence-electron chi connectivity index (χ1n) is 10.6. The third-order valence-corrected chi connectivity index (χ3v) is 5.80. The highest BCUT2D eigenvalue weighted by Gasteiger charge is 2.23. The number of hydrogen-bond acceptors (Lipinski definition) is 4. The highest BCUT2D eigenvalue weighted by Crippen LogP contribution is 2.32. The van der Waals surface area contributed by atoms with Crippen LogP contribution in [0.2, 0.25) is 0 Å². The molecule has 0 unspecified atom stereocenters. The zero-order valence-electron chi connectivity index (χ0n) is 18.9. The number of nitrogens with zero attached hydrogens (tertiary/aromatic N) is 2. The van der Waals surface area contributed by atoms with Gasteiger partial charge in [-0.15, -0.1) is 0 Å². The standard InChI is InChI=1S/C23H18BrNO4.C3H7NO/c24-18-9-4-10-19-21(18)17(14-26)22(23(27)28)25(19)12-5-13-29-20-11-3-7-15-6-1-2-8-16(15)20;1-4(2)3-5/h1-4,6-11,14H,5,12-13H2,(H,27,28);3H,1-2H3. The van der Waals surface area contributed by atoms with E-state index in [-0.39, 0.29) is 11.3 Å². The number of rotatable bonds is 8. The minimum atomic E-state index is -1.12. The number of carboxylic acids is 1. The van der Waals surface area contributed by atoms with Crippen molar-refractivity contribution < 1.29 is 24.2 Å². The second-order valence-electron chi connectivity index (χ2n) is 7.72. The Hall–Kier alpha value is -3.65. The monoisotopic (exact) mass is 524 g/mol. The molecule has 0 radical (unpaired) electrons. The predicted molar refractivity (Wildman–Crippen MR) is 136 cm³/mol. The number of benzene rings is 3. The van der Waals surface area contributed by atoms with Gasteiger partial charge in [-0.2, -0.15) is 0 Å². The minimum absolute atomic E-state index is 0.00654. The number of aryl methyl sites for hydroxylation is 1. The quantitative estimate of drug-likeness (QED) is 0.251. The molecule has 0 spiro atoms. The highest BCUT2D eigenvalue weighted by atomic mass is 79.9. The van der Waals surface area contributed by atoms with E-state index >= 15 is 0 Å². The average Bonchev–Trinajstić information content (AvgIpc) is 3.17. The first-order chi connectivity index (χ1) is 16.4. The molecule has 0 aliphatic rings. The lowest BCUT2D eigenvalue weighted by Crippen LogP contribution is -2.12. The van der Waals surface area contributed by atoms with Gasteiger partial charge in [-0.1, -0.05) is 58.4 Å². The molecule has 0 saturated heterocycles. The van der Waals surface area contributed by atoms with Crippen LogP contribution < -0.4 is 4.74 Å². The molecule has 0 aliphatic heterocycles. The fourth-order valence-electron chi connectivity index (χ4n) is 3.69. The van der Waals surface area contributed by atoms with Gasteiger partial charge in [0.25, 0.3) is 0 Å². The fraction of sp³-hybridized carbons (Fsp3) is 0.192. The van der Waals surface area contributed by atoms with Crippen LogP contribution in [0.15, 0.2) is 65.1 Å². The van der Waals surface area contributed by atoms with Crippen LogP contribution in [-0.2, 0) is 11.3 Å². The van der Waals surface area contributed by atoms with Crippen LogP contribution in [0.3, 0.4) is 0 Å². The summed E-state index contributed by atoms with van der Waals surface area (Å²) in [4.78, 5) is 34.4. The van der Waals surface area contributed by atoms with Gasteiger partial charge in [-0.3, -0.25) is 9.59 Å². The number of carboxylic acid groups (broad SMARTS) is 1. The number of carbonyl (C=O) groups is 3. The van der Waals surface area contributed by atoms with Crippen molar-refractivity contribution in [3.63, 3.8) is 0 Å². The summed E-state index contributed by atoms with van der Waals surface area (Å²) in [5.74, 6) is -0.319. The van der Waals surface area contributed by atoms with Gasteiger partial charge in [-0.05, 0) is 30.0 Å². The topological polar surface area (TPSA) is 88.8 Å². The normalized spacial score (nSPS) is 10.4. The first kappa shape index (κ1) is 25.0. The van der Waals surface area contributed by atoms with E-state index in [2.05, 4.69) is 15.9 Å². The molecule has 0 saturated carbocycles. The number of halogens is 1. The third kappa shape index (κ3) is 5.46. The van der Waals surface area contributed by atoms with E-state index in [0.29, 0.717) is 41.2 Å². The Bertz CT molecular complexity index is 1320. The van der Waals surface area contributed by atoms with E-state index in [4.69, 9.17) is 4.74 Å². The number of amides is 1. The van der Waals surface area contributed by atoms with Crippen LogP contribution in [0.4, 0.5) is 0 Å². The van der Waals surface area contributed by atoms with Crippen molar-refractivity contribution in [1.29, 1.82) is 0 Å². The maximum Gasteiger partial charge on any atom is 0.353 e. The summed E-state index contributed by atoms with van der Waals surface area (Å²) in [5, 5.41) is 12.5. The summed E-state index contributed by atoms with van der Waals surface area (Å²) < 4.78 is 8.35. The van der Waals surface area contributed by atoms with E-state index in [1.54, 1.807) is 24.7 Å². The van der Waals surface area contributed by atoms with Crippen molar-refractivity contribution in [2.24, 2.45) is 0 Å². The van der Waals surface area contributed by atoms with E-state index in [0.717, 1.165) is 22.9 Å². The second-order valence-corrected chi connectivity index (χ2v) is 8.57. The van der Waals surface area contributed by atoms with Crippen molar-refractivity contribution in [3.8, 4) is 5.75 Å². The van der Waals surface area contributed by atoms with Crippen molar-refractivity contribution in [1.82, 2.24) is 9.47 Å². The van der Waals surface area contributed by atoms with Crippen LogP contribution in [0.1, 0.15) is 27.3 Å². The maximum atomic E-state index is 11.9. The summed E-state index contributed by atoms with van der Waals surface area (Å²) >= 11 is 3.43. The van der Waals surface area contributed by atoms with E-state index in [1.165, 1.54) is 4.90 Å². The molecule has 4 aromatic rings. The van der Waals surface area contributed by atoms with Crippen LogP contribution in [0.5, 0.6) is 5.75 Å². The van der Waals surface area contributed by atoms with E-state index < -0.39 is 5.97 Å². The number of hydrogen-bond donors (Lipinski definition) is 1. The maximum absolute atomic E-state index is 11.9. The number of fused-ring (bicyclic) bond motifs is 2. The molecular weight excluding hydrogens is 500 g/mol. The highest BCUT2D eigenvalue weighted by molar-refractivity contribution is 9.10. The van der Waals surface area contributed by atoms with Gasteiger partial charge in [0.05, 0.1) is 17.7 Å². The molecule has 4 rings (SSSR count). The molecule has 1 amide bonds. The average molecular weight is 525 g/mol. The van der Waals surface area contributed by atoms with Crippen LogP contribution in [0, 0.1) is 0 Å². The summed E-state index contributed by atoms with van der Waals surface area (Å²) in [6, 6.07) is 19.4. The SMILES string of the molecule is CN(C)C=O.O=Cc1c(C(=O)O)n(CCCOc2cccc3ccccc23)c2cccc(Br)c12. The molecular formula is C26H25BrN2O5. The lowest BCUT2D eigenvalue weighted by atomic mass is 10.1. The molecule has 0 bridgehead atoms. The fourth-order valence-corrected chi connectivity index (χ4v) is 4.26. The largest absolute Gasteiger partial charge is 0.493 e. The molecule has 7 nitrogen and oxygen atoms in total. The molecule has 0 aliphatic carbocycles. The van der Waals surface area contributed by atoms with Crippen molar-refractivity contribution in [2.45, 2.75) is 13.0 Å². The number of aromatic carboxylic acids is 1. The van der Waals surface area contributed by atoms with Crippen LogP contribution >= 0.6 is 15.9 Å². The molecule has 1 N–H and O–H groups in total. The summed E-state index contributed by atoms with van der Waals surface area (Å²) in [6.07, 6.45) is 1.96. The van der Waals surface area contributed by atoms with Gasteiger partial charge in [0, 0.05) is 35.9 Å². The Kier molecular flexibility index (Phi) is 8.43. The Labute approximate surface area is 205 Å². The van der Waals surface area contributed by atoms with Crippen molar-refractivity contribution in [3.05, 3.63) is 76.4 Å². The van der Waals surface area contributed by atoms with Crippen molar-refractivity contribution in [2.75, 3.05) is 20.7 Å². The summed E-state index contributed by atoms with van der Waals surface area (Å²) in [5.41, 5.74) is 0.908. The Morgan fingerprint density at radius 3 is 2.41 bits per heavy atom. The number of aromatic nitrogens is 1. The molecule has 8 heteroatoms. The van der Waals surface area contributed by atoms with Gasteiger partial charge in [0.15, 0.2) is 6.29 Å². The number of ether oxygens (including phenoxy) is 1. The zero-order chi connectivity index (χ0) is 24.7. The number of carbonyl (C=O) groups excluding carboxylic acids is 2. The van der Waals surface area contributed by atoms with Gasteiger partial charge >= 0.3 is 5.97 Å². The lowest BCUT2D eigenvalue weighted by Gasteiger charge is -2.11. The van der Waals surface area contributed by atoms with Crippen molar-refractivity contribution >= 4 is 56.3 Å². The molecule has 176 valence electrons. The first-order valence-corrected chi connectivity index (χ1v) is 11.4. The Morgan fingerprint density at radius 2 is 1.74 bits per heavy atom. The minimum Gasteiger partial charge on any atom is -0.493 e. The van der Waals surface area contributed by atoms with E-state index in [1.807, 2.05) is 54.6 Å². The van der Waals surface area contributed by atoms with Gasteiger partial charge in [0.1, 0.15) is 11.4 Å². The van der Waals surface area contributed by atoms with Crippen LogP contribution in [-0.4, -0.2) is 53.9 Å². The molecule has 0 atom stereocenters. The molecule has 1 aromatic heterocycles. The smallest absolute Gasteiger partial charge is 0.353 e. The predicted octanol–water partition coefficient (Wildman–Crippen LogP) is 5.24. The molecule has 0 fully saturated rings. The van der Waals surface area contributed by atoms with Gasteiger partial charge in [-0.25, -0.2) is 4.79 Å². The molecule has 1 heterocycles. The van der Waals surface area contributed by atoms with Gasteiger partial charge < -0.3 is 19.3 Å². The second kappa shape index (κ2) is 11.5. The summed E-state index contributed by atoms with van der Waals surface area (Å²) in [7, 11) is 3.38. The van der Waals surface area contributed by atoms with Crippen LogP contribution in [0.25, 0.3) is 21.7 Å².